The molecule has 0 spiro atoms. The molecule has 1 unspecified atom stereocenters. The van der Waals surface area contributed by atoms with Crippen LogP contribution in [-0.4, -0.2) is 22.9 Å². The summed E-state index contributed by atoms with van der Waals surface area (Å²) in [7, 11) is 0. The Kier molecular flexibility index (Phi) is 5.03. The average molecular weight is 279 g/mol. The van der Waals surface area contributed by atoms with Crippen LogP contribution in [0.4, 0.5) is 13.2 Å². The first-order chi connectivity index (χ1) is 8.30. The first-order valence-electron chi connectivity index (χ1n) is 5.03. The predicted octanol–water partition coefficient (Wildman–Crippen LogP) is 2.35. The summed E-state index contributed by atoms with van der Waals surface area (Å²) in [5, 5.41) is 8.54. The second kappa shape index (κ2) is 6.10. The summed E-state index contributed by atoms with van der Waals surface area (Å²) in [4.78, 5) is 10.4. The van der Waals surface area contributed by atoms with E-state index in [1.807, 2.05) is 0 Å². The molecule has 0 heterocycles. The highest BCUT2D eigenvalue weighted by Crippen LogP contribution is 2.29. The summed E-state index contributed by atoms with van der Waals surface area (Å²) >= 11 is 1.27. The van der Waals surface area contributed by atoms with Gasteiger partial charge in [0, 0.05) is 11.5 Å². The van der Waals surface area contributed by atoms with E-state index in [0.29, 0.717) is 11.3 Å². The topological polar surface area (TPSA) is 63.3 Å². The van der Waals surface area contributed by atoms with E-state index >= 15 is 0 Å². The van der Waals surface area contributed by atoms with Gasteiger partial charge in [-0.2, -0.15) is 24.9 Å². The van der Waals surface area contributed by atoms with E-state index < -0.39 is 23.8 Å². The van der Waals surface area contributed by atoms with Crippen molar-refractivity contribution in [3.05, 3.63) is 35.4 Å². The second-order valence-electron chi connectivity index (χ2n) is 3.65. The lowest BCUT2D eigenvalue weighted by atomic mass is 10.1. The molecule has 0 saturated heterocycles. The van der Waals surface area contributed by atoms with Gasteiger partial charge in [-0.1, -0.05) is 12.1 Å². The van der Waals surface area contributed by atoms with E-state index in [-0.39, 0.29) is 5.75 Å². The van der Waals surface area contributed by atoms with E-state index in [2.05, 4.69) is 0 Å². The zero-order chi connectivity index (χ0) is 13.8. The van der Waals surface area contributed by atoms with Crippen molar-refractivity contribution in [3.63, 3.8) is 0 Å². The molecule has 1 atom stereocenters. The Bertz CT molecular complexity index is 406. The maximum absolute atomic E-state index is 12.3. The number of rotatable bonds is 5. The van der Waals surface area contributed by atoms with Gasteiger partial charge in [0.05, 0.1) is 5.56 Å². The molecule has 0 bridgehead atoms. The highest BCUT2D eigenvalue weighted by atomic mass is 32.2. The minimum Gasteiger partial charge on any atom is -0.480 e. The number of carboxylic acid groups (broad SMARTS) is 1. The number of benzene rings is 1. The maximum Gasteiger partial charge on any atom is 0.416 e. The van der Waals surface area contributed by atoms with Gasteiger partial charge in [-0.15, -0.1) is 0 Å². The quantitative estimate of drug-likeness (QED) is 0.868. The lowest BCUT2D eigenvalue weighted by Gasteiger charge is -2.08. The molecule has 18 heavy (non-hydrogen) atoms. The summed E-state index contributed by atoms with van der Waals surface area (Å²) in [5.74, 6) is -0.440. The molecule has 0 amide bonds. The van der Waals surface area contributed by atoms with E-state index in [1.54, 1.807) is 0 Å². The van der Waals surface area contributed by atoms with Gasteiger partial charge in [0.15, 0.2) is 0 Å². The van der Waals surface area contributed by atoms with Crippen molar-refractivity contribution in [1.82, 2.24) is 0 Å². The van der Waals surface area contributed by atoms with E-state index in [1.165, 1.54) is 23.9 Å². The van der Waals surface area contributed by atoms with Crippen LogP contribution >= 0.6 is 11.8 Å². The number of carbonyl (C=O) groups is 1. The van der Waals surface area contributed by atoms with Gasteiger partial charge in [0.1, 0.15) is 6.04 Å². The summed E-state index contributed by atoms with van der Waals surface area (Å²) in [5.41, 5.74) is 5.30. The molecule has 7 heteroatoms. The first-order valence-corrected chi connectivity index (χ1v) is 6.18. The smallest absolute Gasteiger partial charge is 0.416 e. The van der Waals surface area contributed by atoms with Crippen LogP contribution in [0.5, 0.6) is 0 Å². The molecule has 1 aromatic carbocycles. The van der Waals surface area contributed by atoms with Crippen LogP contribution in [0, 0.1) is 0 Å². The van der Waals surface area contributed by atoms with Crippen molar-refractivity contribution in [2.45, 2.75) is 18.0 Å². The normalized spacial score (nSPS) is 13.3. The molecule has 3 nitrogen and oxygen atoms in total. The minimum absolute atomic E-state index is 0.219. The zero-order valence-corrected chi connectivity index (χ0v) is 10.1. The Balaban J connectivity index is 2.47. The predicted molar refractivity (Wildman–Crippen MR) is 63.2 cm³/mol. The zero-order valence-electron chi connectivity index (χ0n) is 9.28. The molecular weight excluding hydrogens is 267 g/mol. The number of nitrogens with two attached hydrogens (primary N) is 1. The SMILES string of the molecule is NC(CSCc1ccc(C(F)(F)F)cc1)C(=O)O. The first kappa shape index (κ1) is 14.8. The van der Waals surface area contributed by atoms with Gasteiger partial charge >= 0.3 is 12.1 Å². The number of carboxylic acids is 1. The lowest BCUT2D eigenvalue weighted by molar-refractivity contribution is -0.138. The Morgan fingerprint density at radius 2 is 1.89 bits per heavy atom. The third kappa shape index (κ3) is 4.58. The van der Waals surface area contributed by atoms with Crippen LogP contribution in [-0.2, 0) is 16.7 Å². The molecule has 0 fully saturated rings. The molecule has 0 aromatic heterocycles. The maximum atomic E-state index is 12.3. The van der Waals surface area contributed by atoms with Crippen molar-refractivity contribution in [1.29, 1.82) is 0 Å². The molecule has 3 N–H and O–H groups in total. The Morgan fingerprint density at radius 3 is 2.33 bits per heavy atom. The van der Waals surface area contributed by atoms with Crippen LogP contribution in [0.2, 0.25) is 0 Å². The summed E-state index contributed by atoms with van der Waals surface area (Å²) in [6.45, 7) is 0. The van der Waals surface area contributed by atoms with Crippen molar-refractivity contribution >= 4 is 17.7 Å². The van der Waals surface area contributed by atoms with Crippen molar-refractivity contribution in [2.75, 3.05) is 5.75 Å². The van der Waals surface area contributed by atoms with E-state index in [4.69, 9.17) is 10.8 Å². The van der Waals surface area contributed by atoms with Crippen molar-refractivity contribution in [3.8, 4) is 0 Å². The number of thioether (sulfide) groups is 1. The van der Waals surface area contributed by atoms with Crippen LogP contribution < -0.4 is 5.73 Å². The van der Waals surface area contributed by atoms with Crippen LogP contribution in [0.25, 0.3) is 0 Å². The third-order valence-corrected chi connectivity index (χ3v) is 3.30. The fraction of sp³-hybridized carbons (Fsp3) is 0.364. The van der Waals surface area contributed by atoms with Crippen molar-refractivity contribution in [2.24, 2.45) is 5.73 Å². The third-order valence-electron chi connectivity index (χ3n) is 2.16. The van der Waals surface area contributed by atoms with Gasteiger partial charge in [-0.05, 0) is 17.7 Å². The number of hydrogen-bond donors (Lipinski definition) is 2. The number of hydrogen-bond acceptors (Lipinski definition) is 3. The highest BCUT2D eigenvalue weighted by molar-refractivity contribution is 7.98. The minimum atomic E-state index is -4.34. The van der Waals surface area contributed by atoms with Crippen LogP contribution in [0.15, 0.2) is 24.3 Å². The van der Waals surface area contributed by atoms with Crippen LogP contribution in [0.1, 0.15) is 11.1 Å². The van der Waals surface area contributed by atoms with Gasteiger partial charge < -0.3 is 10.8 Å². The average Bonchev–Trinajstić information content (AvgIpc) is 2.28. The largest absolute Gasteiger partial charge is 0.480 e. The van der Waals surface area contributed by atoms with E-state index in [9.17, 15) is 18.0 Å². The lowest BCUT2D eigenvalue weighted by Crippen LogP contribution is -2.32. The number of halogens is 3. The second-order valence-corrected chi connectivity index (χ2v) is 4.68. The standard InChI is InChI=1S/C11H12F3NO2S/c12-11(13,14)8-3-1-7(2-4-8)5-18-6-9(15)10(16)17/h1-4,9H,5-6,15H2,(H,16,17). The van der Waals surface area contributed by atoms with Gasteiger partial charge in [-0.3, -0.25) is 4.79 Å². The molecule has 0 aliphatic rings. The van der Waals surface area contributed by atoms with E-state index in [0.717, 1.165) is 12.1 Å². The Morgan fingerprint density at radius 1 is 1.33 bits per heavy atom. The monoisotopic (exact) mass is 279 g/mol. The fourth-order valence-electron chi connectivity index (χ4n) is 1.16. The van der Waals surface area contributed by atoms with Crippen molar-refractivity contribution < 1.29 is 23.1 Å². The summed E-state index contributed by atoms with van der Waals surface area (Å²) in [6.07, 6.45) is -4.34. The number of aliphatic carboxylic acids is 1. The van der Waals surface area contributed by atoms with Gasteiger partial charge in [-0.25, -0.2) is 0 Å². The molecule has 100 valence electrons. The summed E-state index contributed by atoms with van der Waals surface area (Å²) in [6, 6.07) is 3.81. The molecule has 0 saturated carbocycles. The molecular formula is C11H12F3NO2S. The van der Waals surface area contributed by atoms with Crippen LogP contribution in [0.3, 0.4) is 0 Å². The Hall–Kier alpha value is -1.21. The molecule has 1 rings (SSSR count). The summed E-state index contributed by atoms with van der Waals surface area (Å²) < 4.78 is 36.8. The Labute approximate surface area is 106 Å². The van der Waals surface area contributed by atoms with Gasteiger partial charge in [0.25, 0.3) is 0 Å². The molecule has 0 aliphatic heterocycles. The van der Waals surface area contributed by atoms with Gasteiger partial charge in [0.2, 0.25) is 0 Å². The highest BCUT2D eigenvalue weighted by Gasteiger charge is 2.29. The molecule has 0 radical (unpaired) electrons. The number of alkyl halides is 3. The fourth-order valence-corrected chi connectivity index (χ4v) is 2.11. The molecule has 1 aromatic rings. The molecule has 0 aliphatic carbocycles.